The van der Waals surface area contributed by atoms with Crippen molar-refractivity contribution in [2.75, 3.05) is 63.7 Å². The van der Waals surface area contributed by atoms with Crippen LogP contribution in [-0.2, 0) is 4.74 Å². The quantitative estimate of drug-likeness (QED) is 0.890. The van der Waals surface area contributed by atoms with Crippen molar-refractivity contribution in [1.82, 2.24) is 9.80 Å². The summed E-state index contributed by atoms with van der Waals surface area (Å²) in [5, 5.41) is 3.75. The van der Waals surface area contributed by atoms with Crippen LogP contribution in [0.25, 0.3) is 0 Å². The second-order valence-corrected chi connectivity index (χ2v) is 7.32. The Labute approximate surface area is 154 Å². The Morgan fingerprint density at radius 2 is 2.08 bits per heavy atom. The zero-order chi connectivity index (χ0) is 17.8. The van der Waals surface area contributed by atoms with Crippen molar-refractivity contribution in [2.24, 2.45) is 0 Å². The number of benzene rings is 1. The first-order chi connectivity index (χ1) is 12.1. The Hall–Kier alpha value is -1.50. The number of urea groups is 1. The molecule has 2 aliphatic heterocycles. The van der Waals surface area contributed by atoms with E-state index in [1.165, 1.54) is 0 Å². The summed E-state index contributed by atoms with van der Waals surface area (Å²) in [4.78, 5) is 19.1. The molecule has 0 aliphatic carbocycles. The van der Waals surface area contributed by atoms with Gasteiger partial charge in [-0.15, -0.1) is 0 Å². The van der Waals surface area contributed by atoms with Crippen LogP contribution in [0.4, 0.5) is 16.2 Å². The molecule has 1 aromatic rings. The van der Waals surface area contributed by atoms with Crippen molar-refractivity contribution >= 4 is 29.0 Å². The van der Waals surface area contributed by atoms with Crippen LogP contribution in [0.15, 0.2) is 18.2 Å². The highest BCUT2D eigenvalue weighted by molar-refractivity contribution is 6.34. The summed E-state index contributed by atoms with van der Waals surface area (Å²) in [5.41, 5.74) is 1.67. The lowest BCUT2D eigenvalue weighted by Gasteiger charge is -2.32. The highest BCUT2D eigenvalue weighted by atomic mass is 35.5. The number of likely N-dealkylation sites (N-methyl/N-ethyl adjacent to an activating group) is 1. The average Bonchev–Trinajstić information content (AvgIpc) is 3.03. The topological polar surface area (TPSA) is 48.0 Å². The highest BCUT2D eigenvalue weighted by Crippen LogP contribution is 2.35. The van der Waals surface area contributed by atoms with Crippen LogP contribution >= 0.6 is 11.6 Å². The number of nitrogens with zero attached hydrogens (tertiary/aromatic N) is 3. The zero-order valence-electron chi connectivity index (χ0n) is 15.0. The summed E-state index contributed by atoms with van der Waals surface area (Å²) in [7, 11) is 4.09. The van der Waals surface area contributed by atoms with E-state index in [4.69, 9.17) is 16.3 Å². The first-order valence-electron chi connectivity index (χ1n) is 8.90. The summed E-state index contributed by atoms with van der Waals surface area (Å²) < 4.78 is 5.43. The van der Waals surface area contributed by atoms with Gasteiger partial charge in [0.05, 0.1) is 29.6 Å². The minimum atomic E-state index is -0.0406. The fraction of sp³-hybridized carbons (Fsp3) is 0.611. The molecule has 7 heteroatoms. The molecule has 1 unspecified atom stereocenters. The fourth-order valence-electron chi connectivity index (χ4n) is 3.63. The van der Waals surface area contributed by atoms with Gasteiger partial charge in [0, 0.05) is 32.2 Å². The van der Waals surface area contributed by atoms with Crippen LogP contribution in [0.5, 0.6) is 0 Å². The molecule has 1 aromatic carbocycles. The van der Waals surface area contributed by atoms with Gasteiger partial charge in [0.2, 0.25) is 0 Å². The third-order valence-electron chi connectivity index (χ3n) is 4.77. The van der Waals surface area contributed by atoms with E-state index in [2.05, 4.69) is 15.1 Å². The van der Waals surface area contributed by atoms with Gasteiger partial charge in [-0.3, -0.25) is 0 Å². The first kappa shape index (κ1) is 18.3. The summed E-state index contributed by atoms with van der Waals surface area (Å²) in [5.74, 6) is 0. The van der Waals surface area contributed by atoms with Crippen LogP contribution in [0.3, 0.4) is 0 Å². The SMILES string of the molecule is CN(C)CC1CCCN1C(=O)Nc1cccc(Cl)c1N1CCOCC1. The predicted molar refractivity (Wildman–Crippen MR) is 102 cm³/mol. The van der Waals surface area contributed by atoms with Crippen molar-refractivity contribution < 1.29 is 9.53 Å². The molecule has 0 bridgehead atoms. The highest BCUT2D eigenvalue weighted by Gasteiger charge is 2.30. The molecule has 2 heterocycles. The number of para-hydroxylation sites is 1. The van der Waals surface area contributed by atoms with Crippen LogP contribution in [-0.4, -0.2) is 75.4 Å². The van der Waals surface area contributed by atoms with Crippen molar-refractivity contribution in [3.63, 3.8) is 0 Å². The first-order valence-corrected chi connectivity index (χ1v) is 9.27. The maximum atomic E-state index is 12.9. The third-order valence-corrected chi connectivity index (χ3v) is 5.07. The van der Waals surface area contributed by atoms with Crippen molar-refractivity contribution in [3.05, 3.63) is 23.2 Å². The molecule has 2 aliphatic rings. The minimum Gasteiger partial charge on any atom is -0.378 e. The number of likely N-dealkylation sites (tertiary alicyclic amines) is 1. The number of hydrogen-bond acceptors (Lipinski definition) is 4. The van der Waals surface area contributed by atoms with Crippen molar-refractivity contribution in [1.29, 1.82) is 0 Å². The fourth-order valence-corrected chi connectivity index (χ4v) is 3.92. The smallest absolute Gasteiger partial charge is 0.322 e. The van der Waals surface area contributed by atoms with Crippen LogP contribution in [0.1, 0.15) is 12.8 Å². The van der Waals surface area contributed by atoms with Gasteiger partial charge in [0.1, 0.15) is 0 Å². The monoisotopic (exact) mass is 366 g/mol. The van der Waals surface area contributed by atoms with Gasteiger partial charge < -0.3 is 24.8 Å². The van der Waals surface area contributed by atoms with E-state index in [-0.39, 0.29) is 12.1 Å². The predicted octanol–water partition coefficient (Wildman–Crippen LogP) is 2.73. The molecule has 0 saturated carbocycles. The molecule has 0 spiro atoms. The van der Waals surface area contributed by atoms with E-state index in [9.17, 15) is 4.79 Å². The molecule has 1 N–H and O–H groups in total. The summed E-state index contributed by atoms with van der Waals surface area (Å²) in [6.45, 7) is 4.60. The lowest BCUT2D eigenvalue weighted by Crippen LogP contribution is -2.43. The normalized spacial score (nSPS) is 21.0. The Kier molecular flexibility index (Phi) is 6.04. The van der Waals surface area contributed by atoms with Crippen molar-refractivity contribution in [2.45, 2.75) is 18.9 Å². The molecule has 2 saturated heterocycles. The Morgan fingerprint density at radius 1 is 1.32 bits per heavy atom. The molecule has 3 rings (SSSR count). The molecule has 2 fully saturated rings. The number of anilines is 2. The lowest BCUT2D eigenvalue weighted by atomic mass is 10.2. The maximum Gasteiger partial charge on any atom is 0.322 e. The van der Waals surface area contributed by atoms with Crippen LogP contribution in [0, 0.1) is 0 Å². The third kappa shape index (κ3) is 4.37. The van der Waals surface area contributed by atoms with Gasteiger partial charge in [-0.1, -0.05) is 17.7 Å². The van der Waals surface area contributed by atoms with Gasteiger partial charge in [-0.25, -0.2) is 4.79 Å². The van der Waals surface area contributed by atoms with E-state index >= 15 is 0 Å². The van der Waals surface area contributed by atoms with E-state index in [1.54, 1.807) is 0 Å². The van der Waals surface area contributed by atoms with Gasteiger partial charge in [-0.2, -0.15) is 0 Å². The second kappa shape index (κ2) is 8.25. The van der Waals surface area contributed by atoms with Crippen LogP contribution in [0.2, 0.25) is 5.02 Å². The van der Waals surface area contributed by atoms with Gasteiger partial charge in [0.15, 0.2) is 0 Å². The lowest BCUT2D eigenvalue weighted by molar-refractivity contribution is 0.123. The number of carbonyl (C=O) groups excluding carboxylic acids is 1. The molecule has 1 atom stereocenters. The molecule has 6 nitrogen and oxygen atoms in total. The number of morpholine rings is 1. The second-order valence-electron chi connectivity index (χ2n) is 6.92. The molecule has 0 aromatic heterocycles. The average molecular weight is 367 g/mol. The molecular formula is C18H27ClN4O2. The minimum absolute atomic E-state index is 0.0406. The molecule has 0 radical (unpaired) electrons. The maximum absolute atomic E-state index is 12.9. The Bertz CT molecular complexity index is 605. The largest absolute Gasteiger partial charge is 0.378 e. The van der Waals surface area contributed by atoms with Crippen LogP contribution < -0.4 is 10.2 Å². The number of carbonyl (C=O) groups is 1. The van der Waals surface area contributed by atoms with Gasteiger partial charge in [0.25, 0.3) is 0 Å². The Balaban J connectivity index is 1.76. The number of hydrogen-bond donors (Lipinski definition) is 1. The standard InChI is InChI=1S/C18H27ClN4O2/c1-21(2)13-14-5-4-8-23(14)18(24)20-16-7-3-6-15(19)17(16)22-9-11-25-12-10-22/h3,6-7,14H,4-5,8-13H2,1-2H3,(H,20,24). The van der Waals surface area contributed by atoms with E-state index in [0.29, 0.717) is 18.2 Å². The van der Waals surface area contributed by atoms with Gasteiger partial charge in [-0.05, 0) is 39.1 Å². The Morgan fingerprint density at radius 3 is 2.80 bits per heavy atom. The zero-order valence-corrected chi connectivity index (χ0v) is 15.8. The summed E-state index contributed by atoms with van der Waals surface area (Å²) in [6.07, 6.45) is 2.11. The number of amides is 2. The van der Waals surface area contributed by atoms with E-state index in [1.807, 2.05) is 37.2 Å². The molecular weight excluding hydrogens is 340 g/mol. The molecule has 25 heavy (non-hydrogen) atoms. The number of nitrogens with one attached hydrogen (secondary N) is 1. The van der Waals surface area contributed by atoms with E-state index in [0.717, 1.165) is 50.4 Å². The number of ether oxygens (including phenoxy) is 1. The molecule has 138 valence electrons. The number of halogens is 1. The summed E-state index contributed by atoms with van der Waals surface area (Å²) >= 11 is 6.45. The van der Waals surface area contributed by atoms with E-state index < -0.39 is 0 Å². The van der Waals surface area contributed by atoms with Crippen molar-refractivity contribution in [3.8, 4) is 0 Å². The van der Waals surface area contributed by atoms with Gasteiger partial charge >= 0.3 is 6.03 Å². The number of rotatable bonds is 4. The molecule has 2 amide bonds. The summed E-state index contributed by atoms with van der Waals surface area (Å²) in [6, 6.07) is 5.89.